The summed E-state index contributed by atoms with van der Waals surface area (Å²) in [7, 11) is 1.68. The van der Waals surface area contributed by atoms with Crippen LogP contribution in [0.4, 0.5) is 0 Å². The molecule has 0 aromatic rings. The Bertz CT molecular complexity index is 120. The third kappa shape index (κ3) is 24.7. The van der Waals surface area contributed by atoms with Gasteiger partial charge in [0, 0.05) is 20.1 Å². The van der Waals surface area contributed by atoms with Gasteiger partial charge >= 0.3 is 5.97 Å². The van der Waals surface area contributed by atoms with Crippen LogP contribution in [0.15, 0.2) is 0 Å². The molecule has 0 aliphatic heterocycles. The molecule has 0 fully saturated rings. The summed E-state index contributed by atoms with van der Waals surface area (Å²) in [6.45, 7) is 6.35. The van der Waals surface area contributed by atoms with Crippen LogP contribution in [0.3, 0.4) is 0 Å². The number of unbranched alkanes of at least 4 members (excludes halogenated alkanes) is 1. The topological polar surface area (TPSA) is 55.8 Å². The minimum atomic E-state index is -0.693. The molecular weight excluding hydrogens is 196 g/mol. The predicted octanol–water partition coefficient (Wildman–Crippen LogP) is 2.32. The molecule has 0 aromatic heterocycles. The molecule has 4 nitrogen and oxygen atoms in total. The molecule has 0 aliphatic carbocycles. The number of carboxylic acid groups (broad SMARTS) is 1. The fourth-order valence-electron chi connectivity index (χ4n) is 0.717. The van der Waals surface area contributed by atoms with Gasteiger partial charge in [0.05, 0.1) is 13.2 Å². The maximum Gasteiger partial charge on any atom is 0.303 e. The van der Waals surface area contributed by atoms with Gasteiger partial charge in [-0.3, -0.25) is 4.79 Å². The SMILES string of the molecule is CCCCC(=O)O.CCCOCCOC. The van der Waals surface area contributed by atoms with Crippen molar-refractivity contribution in [2.24, 2.45) is 0 Å². The Hall–Kier alpha value is -0.610. The Morgan fingerprint density at radius 3 is 2.13 bits per heavy atom. The van der Waals surface area contributed by atoms with E-state index in [2.05, 4.69) is 6.92 Å². The summed E-state index contributed by atoms with van der Waals surface area (Å²) in [5, 5.41) is 8.04. The molecule has 4 heteroatoms. The minimum Gasteiger partial charge on any atom is -0.481 e. The molecule has 0 heterocycles. The third-order valence-electron chi connectivity index (χ3n) is 1.52. The van der Waals surface area contributed by atoms with Crippen LogP contribution in [-0.2, 0) is 14.3 Å². The highest BCUT2D eigenvalue weighted by atomic mass is 16.5. The van der Waals surface area contributed by atoms with E-state index in [1.807, 2.05) is 6.92 Å². The van der Waals surface area contributed by atoms with E-state index in [0.29, 0.717) is 13.0 Å². The number of rotatable bonds is 8. The maximum absolute atomic E-state index is 9.76. The number of hydrogen-bond acceptors (Lipinski definition) is 3. The Morgan fingerprint density at radius 2 is 1.80 bits per heavy atom. The van der Waals surface area contributed by atoms with Crippen molar-refractivity contribution in [2.45, 2.75) is 39.5 Å². The van der Waals surface area contributed by atoms with E-state index in [9.17, 15) is 4.79 Å². The van der Waals surface area contributed by atoms with E-state index in [-0.39, 0.29) is 0 Å². The van der Waals surface area contributed by atoms with Crippen LogP contribution in [0.5, 0.6) is 0 Å². The zero-order valence-electron chi connectivity index (χ0n) is 10.1. The average Bonchev–Trinajstić information content (AvgIpc) is 2.22. The van der Waals surface area contributed by atoms with Crippen molar-refractivity contribution >= 4 is 5.97 Å². The summed E-state index contributed by atoms with van der Waals surface area (Å²) in [4.78, 5) is 9.76. The first-order chi connectivity index (χ1) is 7.18. The molecule has 0 bridgehead atoms. The van der Waals surface area contributed by atoms with Gasteiger partial charge in [0.15, 0.2) is 0 Å². The second-order valence-electron chi connectivity index (χ2n) is 3.10. The summed E-state index contributed by atoms with van der Waals surface area (Å²) in [5.41, 5.74) is 0. The molecule has 0 saturated carbocycles. The third-order valence-corrected chi connectivity index (χ3v) is 1.52. The van der Waals surface area contributed by atoms with E-state index < -0.39 is 5.97 Å². The summed E-state index contributed by atoms with van der Waals surface area (Å²) in [6, 6.07) is 0. The molecule has 0 rings (SSSR count). The largest absolute Gasteiger partial charge is 0.481 e. The Labute approximate surface area is 92.6 Å². The van der Waals surface area contributed by atoms with E-state index in [1.165, 1.54) is 0 Å². The van der Waals surface area contributed by atoms with Gasteiger partial charge in [-0.05, 0) is 12.8 Å². The van der Waals surface area contributed by atoms with Gasteiger partial charge in [0.2, 0.25) is 0 Å². The van der Waals surface area contributed by atoms with Crippen LogP contribution in [-0.4, -0.2) is 38.0 Å². The summed E-state index contributed by atoms with van der Waals surface area (Å²) in [6.07, 6.45) is 3.17. The first-order valence-corrected chi connectivity index (χ1v) is 5.47. The zero-order chi connectivity index (χ0) is 11.9. The first-order valence-electron chi connectivity index (χ1n) is 5.47. The van der Waals surface area contributed by atoms with Crippen LogP contribution < -0.4 is 0 Å². The number of hydrogen-bond donors (Lipinski definition) is 1. The number of carboxylic acids is 1. The molecule has 0 unspecified atom stereocenters. The highest BCUT2D eigenvalue weighted by molar-refractivity contribution is 5.66. The molecule has 92 valence electrons. The van der Waals surface area contributed by atoms with Crippen molar-refractivity contribution in [2.75, 3.05) is 26.9 Å². The number of ether oxygens (including phenoxy) is 2. The maximum atomic E-state index is 9.76. The van der Waals surface area contributed by atoms with E-state index in [0.717, 1.165) is 32.5 Å². The quantitative estimate of drug-likeness (QED) is 0.638. The molecule has 0 saturated heterocycles. The molecule has 15 heavy (non-hydrogen) atoms. The molecule has 0 spiro atoms. The lowest BCUT2D eigenvalue weighted by Crippen LogP contribution is -2.01. The van der Waals surface area contributed by atoms with Crippen LogP contribution >= 0.6 is 0 Å². The van der Waals surface area contributed by atoms with Crippen molar-refractivity contribution in [3.8, 4) is 0 Å². The Balaban J connectivity index is 0. The monoisotopic (exact) mass is 220 g/mol. The van der Waals surface area contributed by atoms with Gasteiger partial charge in [-0.2, -0.15) is 0 Å². The highest BCUT2D eigenvalue weighted by Gasteiger charge is 1.90. The average molecular weight is 220 g/mol. The van der Waals surface area contributed by atoms with Gasteiger partial charge in [-0.25, -0.2) is 0 Å². The van der Waals surface area contributed by atoms with E-state index >= 15 is 0 Å². The van der Waals surface area contributed by atoms with Crippen LogP contribution in [0.25, 0.3) is 0 Å². The highest BCUT2D eigenvalue weighted by Crippen LogP contribution is 1.91. The van der Waals surface area contributed by atoms with Crippen molar-refractivity contribution in [1.29, 1.82) is 0 Å². The number of aliphatic carboxylic acids is 1. The van der Waals surface area contributed by atoms with Crippen molar-refractivity contribution in [3.05, 3.63) is 0 Å². The molecule has 0 aromatic carbocycles. The zero-order valence-corrected chi connectivity index (χ0v) is 10.1. The summed E-state index contributed by atoms with van der Waals surface area (Å²) < 4.78 is 9.86. The molecular formula is C11H24O4. The van der Waals surface area contributed by atoms with Gasteiger partial charge in [-0.15, -0.1) is 0 Å². The lowest BCUT2D eigenvalue weighted by molar-refractivity contribution is -0.137. The minimum absolute atomic E-state index is 0.316. The molecule has 1 N–H and O–H groups in total. The Morgan fingerprint density at radius 1 is 1.13 bits per heavy atom. The van der Waals surface area contributed by atoms with E-state index in [4.69, 9.17) is 14.6 Å². The second-order valence-corrected chi connectivity index (χ2v) is 3.10. The molecule has 0 amide bonds. The molecule has 0 radical (unpaired) electrons. The standard InChI is InChI=1S/C6H14O2.C5H10O2/c1-3-4-8-6-5-7-2;1-2-3-4-5(6)7/h3-6H2,1-2H3;2-4H2,1H3,(H,6,7). The first kappa shape index (κ1) is 16.8. The fraction of sp³-hybridized carbons (Fsp3) is 0.909. The number of carbonyl (C=O) groups is 1. The van der Waals surface area contributed by atoms with E-state index in [1.54, 1.807) is 7.11 Å². The summed E-state index contributed by atoms with van der Waals surface area (Å²) in [5.74, 6) is -0.693. The van der Waals surface area contributed by atoms with Gasteiger partial charge in [0.1, 0.15) is 0 Å². The Kier molecular flexibility index (Phi) is 17.8. The molecule has 0 aliphatic rings. The normalized spacial score (nSPS) is 9.27. The van der Waals surface area contributed by atoms with Crippen LogP contribution in [0.1, 0.15) is 39.5 Å². The van der Waals surface area contributed by atoms with Gasteiger partial charge in [0.25, 0.3) is 0 Å². The fourth-order valence-corrected chi connectivity index (χ4v) is 0.717. The van der Waals surface area contributed by atoms with Gasteiger partial charge < -0.3 is 14.6 Å². The summed E-state index contributed by atoms with van der Waals surface area (Å²) >= 11 is 0. The van der Waals surface area contributed by atoms with Crippen LogP contribution in [0.2, 0.25) is 0 Å². The van der Waals surface area contributed by atoms with Crippen molar-refractivity contribution in [1.82, 2.24) is 0 Å². The lowest BCUT2D eigenvalue weighted by Gasteiger charge is -1.98. The van der Waals surface area contributed by atoms with Crippen molar-refractivity contribution in [3.63, 3.8) is 0 Å². The second kappa shape index (κ2) is 15.8. The van der Waals surface area contributed by atoms with Crippen molar-refractivity contribution < 1.29 is 19.4 Å². The van der Waals surface area contributed by atoms with Crippen LogP contribution in [0, 0.1) is 0 Å². The predicted molar refractivity (Wildman–Crippen MR) is 60.1 cm³/mol. The van der Waals surface area contributed by atoms with Gasteiger partial charge in [-0.1, -0.05) is 20.3 Å². The lowest BCUT2D eigenvalue weighted by atomic mass is 10.3. The smallest absolute Gasteiger partial charge is 0.303 e. The molecule has 0 atom stereocenters. The number of methoxy groups -OCH3 is 1.